The van der Waals surface area contributed by atoms with Crippen LogP contribution < -0.4 is 5.32 Å². The van der Waals surface area contributed by atoms with E-state index < -0.39 is 5.97 Å². The Morgan fingerprint density at radius 1 is 1.39 bits per heavy atom. The fraction of sp³-hybridized carbons (Fsp3) is 0.357. The van der Waals surface area contributed by atoms with Crippen LogP contribution >= 0.6 is 0 Å². The lowest BCUT2D eigenvalue weighted by Crippen LogP contribution is -2.36. The van der Waals surface area contributed by atoms with Crippen LogP contribution in [0.25, 0.3) is 0 Å². The molecule has 0 saturated carbocycles. The van der Waals surface area contributed by atoms with Gasteiger partial charge < -0.3 is 10.4 Å². The Hall–Kier alpha value is -1.81. The van der Waals surface area contributed by atoms with Crippen LogP contribution in [-0.4, -0.2) is 36.1 Å². The van der Waals surface area contributed by atoms with Gasteiger partial charge in [-0.1, -0.05) is 30.3 Å². The van der Waals surface area contributed by atoms with E-state index in [1.54, 1.807) is 7.05 Å². The summed E-state index contributed by atoms with van der Waals surface area (Å²) < 4.78 is 0. The van der Waals surface area contributed by atoms with Crippen molar-refractivity contribution in [3.63, 3.8) is 0 Å². The average molecular weight is 246 g/mol. The van der Waals surface area contributed by atoms with E-state index in [-0.39, 0.29) is 0 Å². The largest absolute Gasteiger partial charge is 0.478 e. The van der Waals surface area contributed by atoms with Crippen molar-refractivity contribution in [1.29, 1.82) is 0 Å². The molecule has 0 bridgehead atoms. The van der Waals surface area contributed by atoms with E-state index in [1.165, 1.54) is 5.56 Å². The highest BCUT2D eigenvalue weighted by molar-refractivity contribution is 5.88. The monoisotopic (exact) mass is 246 g/mol. The van der Waals surface area contributed by atoms with Gasteiger partial charge in [-0.15, -0.1) is 0 Å². The minimum atomic E-state index is -0.822. The predicted molar refractivity (Wildman–Crippen MR) is 70.1 cm³/mol. The molecule has 4 heteroatoms. The van der Waals surface area contributed by atoms with E-state index in [1.807, 2.05) is 18.2 Å². The highest BCUT2D eigenvalue weighted by Crippen LogP contribution is 2.18. The molecule has 0 saturated heterocycles. The molecule has 0 fully saturated rings. The SMILES string of the molecule is CNC1=C(C(=O)O)CN(Cc2ccccc2)CC1. The van der Waals surface area contributed by atoms with Crippen LogP contribution in [0.15, 0.2) is 41.6 Å². The normalized spacial score (nSPS) is 16.7. The van der Waals surface area contributed by atoms with Crippen LogP contribution in [0.2, 0.25) is 0 Å². The summed E-state index contributed by atoms with van der Waals surface area (Å²) >= 11 is 0. The topological polar surface area (TPSA) is 52.6 Å². The summed E-state index contributed by atoms with van der Waals surface area (Å²) in [5, 5.41) is 12.2. The predicted octanol–water partition coefficient (Wildman–Crippen LogP) is 1.45. The molecule has 1 aliphatic heterocycles. The number of benzene rings is 1. The Bertz CT molecular complexity index is 454. The lowest BCUT2D eigenvalue weighted by molar-refractivity contribution is -0.133. The number of aliphatic carboxylic acids is 1. The van der Waals surface area contributed by atoms with E-state index in [0.29, 0.717) is 12.1 Å². The van der Waals surface area contributed by atoms with Crippen molar-refractivity contribution in [3.8, 4) is 0 Å². The van der Waals surface area contributed by atoms with Crippen LogP contribution in [0, 0.1) is 0 Å². The van der Waals surface area contributed by atoms with Gasteiger partial charge in [0.05, 0.1) is 5.57 Å². The third kappa shape index (κ3) is 2.90. The molecule has 0 atom stereocenters. The summed E-state index contributed by atoms with van der Waals surface area (Å²) in [6, 6.07) is 10.1. The molecule has 0 aliphatic carbocycles. The van der Waals surface area contributed by atoms with Gasteiger partial charge in [-0.3, -0.25) is 4.90 Å². The number of hydrogen-bond acceptors (Lipinski definition) is 3. The first-order valence-corrected chi connectivity index (χ1v) is 6.10. The number of carboxylic acid groups (broad SMARTS) is 1. The summed E-state index contributed by atoms with van der Waals surface area (Å²) in [6.45, 7) is 2.19. The summed E-state index contributed by atoms with van der Waals surface area (Å²) in [5.41, 5.74) is 2.56. The van der Waals surface area contributed by atoms with Gasteiger partial charge in [-0.05, 0) is 5.56 Å². The van der Waals surface area contributed by atoms with Crippen LogP contribution in [0.3, 0.4) is 0 Å². The van der Waals surface area contributed by atoms with Gasteiger partial charge in [0.2, 0.25) is 0 Å². The summed E-state index contributed by atoms with van der Waals surface area (Å²) in [5.74, 6) is -0.822. The van der Waals surface area contributed by atoms with Crippen molar-refractivity contribution in [1.82, 2.24) is 10.2 Å². The number of rotatable bonds is 4. The fourth-order valence-electron chi connectivity index (χ4n) is 2.27. The quantitative estimate of drug-likeness (QED) is 0.844. The molecule has 0 amide bonds. The molecule has 1 heterocycles. The van der Waals surface area contributed by atoms with Gasteiger partial charge in [0.25, 0.3) is 0 Å². The molecule has 2 N–H and O–H groups in total. The fourth-order valence-corrected chi connectivity index (χ4v) is 2.27. The van der Waals surface area contributed by atoms with Gasteiger partial charge in [-0.2, -0.15) is 0 Å². The molecule has 2 rings (SSSR count). The number of nitrogens with zero attached hydrogens (tertiary/aromatic N) is 1. The molecular formula is C14H18N2O2. The van der Waals surface area contributed by atoms with Gasteiger partial charge in [0.1, 0.15) is 0 Å². The Morgan fingerprint density at radius 3 is 2.72 bits per heavy atom. The van der Waals surface area contributed by atoms with Crippen molar-refractivity contribution in [2.75, 3.05) is 20.1 Å². The first-order valence-electron chi connectivity index (χ1n) is 6.10. The Labute approximate surface area is 107 Å². The van der Waals surface area contributed by atoms with Crippen LogP contribution in [-0.2, 0) is 11.3 Å². The van der Waals surface area contributed by atoms with E-state index in [2.05, 4.69) is 22.3 Å². The molecule has 1 aromatic carbocycles. The van der Waals surface area contributed by atoms with Crippen molar-refractivity contribution in [3.05, 3.63) is 47.2 Å². The second-order valence-corrected chi connectivity index (χ2v) is 4.46. The molecule has 0 spiro atoms. The summed E-state index contributed by atoms with van der Waals surface area (Å²) in [4.78, 5) is 13.4. The van der Waals surface area contributed by atoms with E-state index >= 15 is 0 Å². The molecule has 1 aliphatic rings. The van der Waals surface area contributed by atoms with E-state index in [0.717, 1.165) is 25.2 Å². The lowest BCUT2D eigenvalue weighted by atomic mass is 10.1. The summed E-state index contributed by atoms with van der Waals surface area (Å²) in [7, 11) is 1.78. The molecule has 1 aromatic rings. The average Bonchev–Trinajstić information content (AvgIpc) is 2.40. The molecule has 96 valence electrons. The van der Waals surface area contributed by atoms with Gasteiger partial charge in [0.15, 0.2) is 0 Å². The van der Waals surface area contributed by atoms with Crippen molar-refractivity contribution in [2.24, 2.45) is 0 Å². The molecular weight excluding hydrogens is 228 g/mol. The smallest absolute Gasteiger partial charge is 0.334 e. The number of hydrogen-bond donors (Lipinski definition) is 2. The second kappa shape index (κ2) is 5.69. The highest BCUT2D eigenvalue weighted by Gasteiger charge is 2.22. The first kappa shape index (κ1) is 12.6. The van der Waals surface area contributed by atoms with Crippen molar-refractivity contribution in [2.45, 2.75) is 13.0 Å². The number of nitrogens with one attached hydrogen (secondary N) is 1. The molecule has 4 nitrogen and oxygen atoms in total. The number of carboxylic acids is 1. The maximum atomic E-state index is 11.2. The van der Waals surface area contributed by atoms with E-state index in [4.69, 9.17) is 0 Å². The van der Waals surface area contributed by atoms with Gasteiger partial charge >= 0.3 is 5.97 Å². The maximum Gasteiger partial charge on any atom is 0.334 e. The maximum absolute atomic E-state index is 11.2. The third-order valence-electron chi connectivity index (χ3n) is 3.23. The number of carbonyl (C=O) groups is 1. The minimum Gasteiger partial charge on any atom is -0.478 e. The minimum absolute atomic E-state index is 0.486. The second-order valence-electron chi connectivity index (χ2n) is 4.46. The lowest BCUT2D eigenvalue weighted by Gasteiger charge is -2.29. The highest BCUT2D eigenvalue weighted by atomic mass is 16.4. The zero-order valence-electron chi connectivity index (χ0n) is 10.5. The molecule has 0 unspecified atom stereocenters. The van der Waals surface area contributed by atoms with Crippen LogP contribution in [0.4, 0.5) is 0 Å². The van der Waals surface area contributed by atoms with Gasteiger partial charge in [-0.25, -0.2) is 4.79 Å². The first-order chi connectivity index (χ1) is 8.70. The van der Waals surface area contributed by atoms with Crippen molar-refractivity contribution < 1.29 is 9.90 Å². The Kier molecular flexibility index (Phi) is 3.99. The Morgan fingerprint density at radius 2 is 2.11 bits per heavy atom. The Balaban J connectivity index is 2.07. The van der Waals surface area contributed by atoms with Gasteiger partial charge in [0, 0.05) is 38.8 Å². The third-order valence-corrected chi connectivity index (χ3v) is 3.23. The summed E-state index contributed by atoms with van der Waals surface area (Å²) in [6.07, 6.45) is 0.769. The zero-order valence-corrected chi connectivity index (χ0v) is 10.5. The standard InChI is InChI=1S/C14H18N2O2/c1-15-13-7-8-16(10-12(13)14(17)18)9-11-5-3-2-4-6-11/h2-6,15H,7-10H2,1H3,(H,17,18). The molecule has 18 heavy (non-hydrogen) atoms. The van der Waals surface area contributed by atoms with E-state index in [9.17, 15) is 9.90 Å². The zero-order chi connectivity index (χ0) is 13.0. The molecule has 0 radical (unpaired) electrons. The van der Waals surface area contributed by atoms with Crippen LogP contribution in [0.1, 0.15) is 12.0 Å². The molecule has 0 aromatic heterocycles. The van der Waals surface area contributed by atoms with Crippen LogP contribution in [0.5, 0.6) is 0 Å². The van der Waals surface area contributed by atoms with Crippen molar-refractivity contribution >= 4 is 5.97 Å².